The summed E-state index contributed by atoms with van der Waals surface area (Å²) >= 11 is 0. The van der Waals surface area contributed by atoms with Gasteiger partial charge >= 0.3 is 11.9 Å². The highest BCUT2D eigenvalue weighted by Gasteiger charge is 2.07. The quantitative estimate of drug-likeness (QED) is 0.0938. The molecule has 0 saturated heterocycles. The van der Waals surface area contributed by atoms with E-state index in [-0.39, 0.29) is 11.9 Å². The van der Waals surface area contributed by atoms with E-state index in [0.717, 1.165) is 25.7 Å². The number of carbonyl (C=O) groups is 2. The van der Waals surface area contributed by atoms with Crippen LogP contribution in [-0.2, 0) is 19.1 Å². The molecule has 0 spiro atoms. The molecule has 0 saturated carbocycles. The first-order chi connectivity index (χ1) is 16.2. The summed E-state index contributed by atoms with van der Waals surface area (Å²) in [5.74, 6) is -0.374. The first-order valence-corrected chi connectivity index (χ1v) is 14.5. The van der Waals surface area contributed by atoms with Crippen molar-refractivity contribution in [1.82, 2.24) is 0 Å². The Morgan fingerprint density at radius 3 is 0.970 bits per heavy atom. The van der Waals surface area contributed by atoms with E-state index in [1.165, 1.54) is 103 Å². The summed E-state index contributed by atoms with van der Waals surface area (Å²) in [5.41, 5.74) is 0. The van der Waals surface area contributed by atoms with Crippen LogP contribution in [0.4, 0.5) is 0 Å². The van der Waals surface area contributed by atoms with Gasteiger partial charge in [0.1, 0.15) is 0 Å². The average molecular weight is 469 g/mol. The van der Waals surface area contributed by atoms with E-state index in [1.807, 2.05) is 0 Å². The maximum Gasteiger partial charge on any atom is 0.305 e. The minimum atomic E-state index is -0.187. The van der Waals surface area contributed by atoms with Crippen LogP contribution in [0.15, 0.2) is 0 Å². The molecule has 0 unspecified atom stereocenters. The van der Waals surface area contributed by atoms with Crippen LogP contribution < -0.4 is 0 Å². The summed E-state index contributed by atoms with van der Waals surface area (Å²) < 4.78 is 10.6. The van der Waals surface area contributed by atoms with Gasteiger partial charge in [-0.05, 0) is 19.3 Å². The second kappa shape index (κ2) is 27.2. The van der Waals surface area contributed by atoms with Crippen molar-refractivity contribution in [3.8, 4) is 0 Å². The Morgan fingerprint density at radius 1 is 0.394 bits per heavy atom. The molecule has 33 heavy (non-hydrogen) atoms. The predicted octanol–water partition coefficient (Wildman–Crippen LogP) is 9.08. The highest BCUT2D eigenvalue weighted by atomic mass is 16.5. The van der Waals surface area contributed by atoms with Crippen LogP contribution in [-0.4, -0.2) is 25.2 Å². The molecule has 0 N–H and O–H groups in total. The van der Waals surface area contributed by atoms with Crippen molar-refractivity contribution >= 4 is 11.9 Å². The maximum absolute atomic E-state index is 11.8. The summed E-state index contributed by atoms with van der Waals surface area (Å²) in [6.07, 6.45) is 26.6. The van der Waals surface area contributed by atoms with E-state index in [1.54, 1.807) is 0 Å². The van der Waals surface area contributed by atoms with Gasteiger partial charge < -0.3 is 9.47 Å². The monoisotopic (exact) mass is 468 g/mol. The summed E-state index contributed by atoms with van der Waals surface area (Å²) in [6, 6.07) is 0. The zero-order valence-corrected chi connectivity index (χ0v) is 22.3. The molecule has 0 amide bonds. The molecule has 0 fully saturated rings. The molecular formula is C29H56O4. The number of hydrogen-bond acceptors (Lipinski definition) is 4. The van der Waals surface area contributed by atoms with Crippen LogP contribution in [0.3, 0.4) is 0 Å². The van der Waals surface area contributed by atoms with Crippen molar-refractivity contribution < 1.29 is 19.1 Å². The van der Waals surface area contributed by atoms with Crippen LogP contribution in [0.2, 0.25) is 0 Å². The second-order valence-corrected chi connectivity index (χ2v) is 9.66. The molecule has 0 heterocycles. The maximum atomic E-state index is 11.8. The van der Waals surface area contributed by atoms with E-state index in [2.05, 4.69) is 13.8 Å². The van der Waals surface area contributed by atoms with Crippen molar-refractivity contribution in [3.05, 3.63) is 0 Å². The molecule has 0 aromatic rings. The molecule has 196 valence electrons. The first-order valence-electron chi connectivity index (χ1n) is 14.5. The lowest BCUT2D eigenvalue weighted by molar-refractivity contribution is -0.145. The van der Waals surface area contributed by atoms with Gasteiger partial charge in [-0.2, -0.15) is 0 Å². The third-order valence-electron chi connectivity index (χ3n) is 6.28. The van der Waals surface area contributed by atoms with Gasteiger partial charge in [-0.15, -0.1) is 0 Å². The third-order valence-corrected chi connectivity index (χ3v) is 6.28. The van der Waals surface area contributed by atoms with Crippen LogP contribution in [0.5, 0.6) is 0 Å². The van der Waals surface area contributed by atoms with Gasteiger partial charge in [0.2, 0.25) is 0 Å². The fourth-order valence-corrected chi connectivity index (χ4v) is 4.07. The SMILES string of the molecule is CCCCCCCCCCCCCOC(=O)CCCC(=O)OCCCCCCCCCCC. The highest BCUT2D eigenvalue weighted by molar-refractivity contribution is 5.72. The van der Waals surface area contributed by atoms with Gasteiger partial charge in [-0.25, -0.2) is 0 Å². The van der Waals surface area contributed by atoms with Crippen molar-refractivity contribution in [3.63, 3.8) is 0 Å². The van der Waals surface area contributed by atoms with E-state index < -0.39 is 0 Å². The number of ether oxygens (including phenoxy) is 2. The second-order valence-electron chi connectivity index (χ2n) is 9.66. The molecule has 0 rings (SSSR count). The van der Waals surface area contributed by atoms with Crippen molar-refractivity contribution in [2.24, 2.45) is 0 Å². The number of unbranched alkanes of at least 4 members (excludes halogenated alkanes) is 18. The molecule has 0 atom stereocenters. The van der Waals surface area contributed by atoms with Crippen LogP contribution in [0.25, 0.3) is 0 Å². The van der Waals surface area contributed by atoms with Gasteiger partial charge in [0.05, 0.1) is 13.2 Å². The minimum absolute atomic E-state index is 0.186. The molecule has 0 radical (unpaired) electrons. The lowest BCUT2D eigenvalue weighted by Crippen LogP contribution is -2.09. The van der Waals surface area contributed by atoms with E-state index in [4.69, 9.17) is 9.47 Å². The van der Waals surface area contributed by atoms with Gasteiger partial charge in [-0.3, -0.25) is 9.59 Å². The summed E-state index contributed by atoms with van der Waals surface area (Å²) in [6.45, 7) is 5.53. The van der Waals surface area contributed by atoms with Crippen LogP contribution in [0.1, 0.15) is 162 Å². The Kier molecular flexibility index (Phi) is 26.3. The molecule has 4 heteroatoms. The van der Waals surface area contributed by atoms with Crippen molar-refractivity contribution in [2.45, 2.75) is 162 Å². The molecule has 0 aliphatic rings. The third kappa shape index (κ3) is 27.1. The standard InChI is InChI=1S/C29H56O4/c1-3-5-7-9-11-13-14-16-18-20-22-27-33-29(31)25-23-24-28(30)32-26-21-19-17-15-12-10-8-6-4-2/h3-27H2,1-2H3. The number of esters is 2. The fraction of sp³-hybridized carbons (Fsp3) is 0.931. The van der Waals surface area contributed by atoms with Crippen molar-refractivity contribution in [2.75, 3.05) is 13.2 Å². The Labute approximate surface area is 206 Å². The van der Waals surface area contributed by atoms with Gasteiger partial charge in [0, 0.05) is 12.8 Å². The lowest BCUT2D eigenvalue weighted by atomic mass is 10.1. The number of carbonyl (C=O) groups excluding carboxylic acids is 2. The van der Waals surface area contributed by atoms with E-state index >= 15 is 0 Å². The van der Waals surface area contributed by atoms with Gasteiger partial charge in [0.15, 0.2) is 0 Å². The largest absolute Gasteiger partial charge is 0.466 e. The molecule has 0 aromatic carbocycles. The van der Waals surface area contributed by atoms with E-state index in [9.17, 15) is 9.59 Å². The lowest BCUT2D eigenvalue weighted by Gasteiger charge is -2.06. The molecule has 0 bridgehead atoms. The van der Waals surface area contributed by atoms with Crippen LogP contribution in [0, 0.1) is 0 Å². The highest BCUT2D eigenvalue weighted by Crippen LogP contribution is 2.12. The Hall–Kier alpha value is -1.06. The Morgan fingerprint density at radius 2 is 0.667 bits per heavy atom. The summed E-state index contributed by atoms with van der Waals surface area (Å²) in [7, 11) is 0. The minimum Gasteiger partial charge on any atom is -0.466 e. The van der Waals surface area contributed by atoms with E-state index in [0.29, 0.717) is 32.5 Å². The molecule has 0 aromatic heterocycles. The zero-order chi connectivity index (χ0) is 24.2. The fourth-order valence-electron chi connectivity index (χ4n) is 4.07. The number of hydrogen-bond donors (Lipinski definition) is 0. The molecule has 0 aliphatic heterocycles. The summed E-state index contributed by atoms with van der Waals surface area (Å²) in [4.78, 5) is 23.5. The predicted molar refractivity (Wildman–Crippen MR) is 139 cm³/mol. The summed E-state index contributed by atoms with van der Waals surface area (Å²) in [5, 5.41) is 0. The zero-order valence-electron chi connectivity index (χ0n) is 22.3. The first kappa shape index (κ1) is 31.9. The normalized spacial score (nSPS) is 11.0. The Balaban J connectivity index is 3.29. The molecule has 0 aliphatic carbocycles. The van der Waals surface area contributed by atoms with Crippen LogP contribution >= 0.6 is 0 Å². The Bertz CT molecular complexity index is 422. The smallest absolute Gasteiger partial charge is 0.305 e. The molecule has 4 nitrogen and oxygen atoms in total. The molecular weight excluding hydrogens is 412 g/mol. The number of rotatable bonds is 26. The van der Waals surface area contributed by atoms with Gasteiger partial charge in [-0.1, -0.05) is 129 Å². The van der Waals surface area contributed by atoms with Gasteiger partial charge in [0.25, 0.3) is 0 Å². The van der Waals surface area contributed by atoms with Crippen molar-refractivity contribution in [1.29, 1.82) is 0 Å². The average Bonchev–Trinajstić information content (AvgIpc) is 2.81. The topological polar surface area (TPSA) is 52.6 Å².